The fourth-order valence-electron chi connectivity index (χ4n) is 3.94. The van der Waals surface area contributed by atoms with Crippen LogP contribution in [0, 0.1) is 0 Å². The zero-order valence-corrected chi connectivity index (χ0v) is 18.9. The van der Waals surface area contributed by atoms with Crippen LogP contribution in [0.15, 0.2) is 28.2 Å². The van der Waals surface area contributed by atoms with Crippen molar-refractivity contribution in [2.45, 2.75) is 90.1 Å². The summed E-state index contributed by atoms with van der Waals surface area (Å²) in [6.07, 6.45) is 13.0. The van der Waals surface area contributed by atoms with Crippen LogP contribution in [0.3, 0.4) is 0 Å². The summed E-state index contributed by atoms with van der Waals surface area (Å²) in [6.45, 7) is 4.21. The maximum Gasteiger partial charge on any atom is 2.00 e. The quantitative estimate of drug-likeness (QED) is 0.558. The number of aliphatic imine (C=N–C) groups is 2. The fourth-order valence-corrected chi connectivity index (χ4v) is 3.94. The van der Waals surface area contributed by atoms with Crippen molar-refractivity contribution in [3.8, 4) is 0 Å². The topological polar surface area (TPSA) is 37.6 Å². The fraction of sp³-hybridized carbons (Fsp3) is 0.667. The molecule has 2 fully saturated rings. The Morgan fingerprint density at radius 2 is 1.11 bits per heavy atom. The standard InChI is InChI=1S/C21H31N3.2ClH.Co/c1-16(22-18-10-5-3-6-11-18)20-14-9-15-21(24-20)17(2)23-19-12-7-4-8-13-19;;;/h9,14-15,18-19H,3-8,10-13H2,1-2H3;2*1H;/q;;;+2/p-2. The van der Waals surface area contributed by atoms with Crippen molar-refractivity contribution >= 4 is 11.4 Å². The van der Waals surface area contributed by atoms with E-state index in [1.54, 1.807) is 0 Å². The number of rotatable bonds is 4. The summed E-state index contributed by atoms with van der Waals surface area (Å²) >= 11 is 0. The molecule has 2 aliphatic carbocycles. The third-order valence-corrected chi connectivity index (χ3v) is 5.39. The van der Waals surface area contributed by atoms with Crippen LogP contribution >= 0.6 is 0 Å². The number of hydrogen-bond acceptors (Lipinski definition) is 3. The molecule has 0 unspecified atom stereocenters. The summed E-state index contributed by atoms with van der Waals surface area (Å²) in [5, 5.41) is 0. The second kappa shape index (κ2) is 13.7. The van der Waals surface area contributed by atoms with Gasteiger partial charge in [0.2, 0.25) is 0 Å². The van der Waals surface area contributed by atoms with Crippen LogP contribution in [0.25, 0.3) is 0 Å². The van der Waals surface area contributed by atoms with Crippen LogP contribution in [-0.2, 0) is 16.8 Å². The molecule has 3 rings (SSSR count). The first kappa shape index (κ1) is 26.6. The summed E-state index contributed by atoms with van der Waals surface area (Å²) in [5.41, 5.74) is 4.18. The van der Waals surface area contributed by atoms with Crippen LogP contribution in [-0.4, -0.2) is 28.5 Å². The van der Waals surface area contributed by atoms with E-state index >= 15 is 0 Å². The molecule has 0 atom stereocenters. The minimum absolute atomic E-state index is 0. The Balaban J connectivity index is 0.00000225. The van der Waals surface area contributed by atoms with Crippen molar-refractivity contribution in [2.75, 3.05) is 0 Å². The normalized spacial score (nSPS) is 19.5. The largest absolute Gasteiger partial charge is 2.00 e. The molecule has 153 valence electrons. The monoisotopic (exact) mass is 454 g/mol. The minimum Gasteiger partial charge on any atom is -1.00 e. The molecule has 0 aromatic carbocycles. The first-order chi connectivity index (χ1) is 11.7. The van der Waals surface area contributed by atoms with E-state index in [9.17, 15) is 0 Å². The van der Waals surface area contributed by atoms with Gasteiger partial charge >= 0.3 is 16.8 Å². The van der Waals surface area contributed by atoms with Gasteiger partial charge in [-0.25, -0.2) is 4.98 Å². The van der Waals surface area contributed by atoms with Gasteiger partial charge in [0.25, 0.3) is 0 Å². The molecule has 2 saturated carbocycles. The SMILES string of the molecule is CC(=NC1CCCCC1)c1cccc(C(C)=NC2CCCCC2)n1.[Cl-].[Cl-].[Co+2]. The molecule has 2 aliphatic rings. The van der Waals surface area contributed by atoms with Gasteiger partial charge in [-0.2, -0.15) is 0 Å². The molecule has 1 radical (unpaired) electrons. The Kier molecular flexibility index (Phi) is 13.5. The minimum atomic E-state index is 0. The van der Waals surface area contributed by atoms with Crippen molar-refractivity contribution in [2.24, 2.45) is 9.98 Å². The van der Waals surface area contributed by atoms with Crippen molar-refractivity contribution in [1.29, 1.82) is 0 Å². The summed E-state index contributed by atoms with van der Waals surface area (Å²) < 4.78 is 0. The molecule has 1 aromatic rings. The summed E-state index contributed by atoms with van der Waals surface area (Å²) in [7, 11) is 0. The van der Waals surface area contributed by atoms with Crippen molar-refractivity contribution in [3.63, 3.8) is 0 Å². The van der Waals surface area contributed by atoms with Crippen molar-refractivity contribution in [1.82, 2.24) is 4.98 Å². The van der Waals surface area contributed by atoms with Crippen LogP contribution in [0.2, 0.25) is 0 Å². The van der Waals surface area contributed by atoms with Gasteiger partial charge in [0, 0.05) is 0 Å². The van der Waals surface area contributed by atoms with Gasteiger partial charge in [0.1, 0.15) is 0 Å². The molecular weight excluding hydrogens is 424 g/mol. The molecule has 0 N–H and O–H groups in total. The maximum atomic E-state index is 4.94. The van der Waals surface area contributed by atoms with Gasteiger partial charge < -0.3 is 24.8 Å². The average molecular weight is 455 g/mol. The van der Waals surface area contributed by atoms with E-state index in [-0.39, 0.29) is 41.6 Å². The number of aromatic nitrogens is 1. The van der Waals surface area contributed by atoms with E-state index in [2.05, 4.69) is 32.0 Å². The van der Waals surface area contributed by atoms with E-state index in [1.807, 2.05) is 0 Å². The molecule has 6 heteroatoms. The van der Waals surface area contributed by atoms with Crippen LogP contribution in [0.4, 0.5) is 0 Å². The summed E-state index contributed by atoms with van der Waals surface area (Å²) in [6, 6.07) is 7.26. The number of hydrogen-bond donors (Lipinski definition) is 0. The molecule has 0 saturated heterocycles. The van der Waals surface area contributed by atoms with Gasteiger partial charge in [-0.05, 0) is 51.7 Å². The second-order valence-electron chi connectivity index (χ2n) is 7.42. The predicted molar refractivity (Wildman–Crippen MR) is 102 cm³/mol. The number of nitrogens with zero attached hydrogens (tertiary/aromatic N) is 3. The number of pyridine rings is 1. The molecule has 27 heavy (non-hydrogen) atoms. The van der Waals surface area contributed by atoms with Gasteiger partial charge in [-0.1, -0.05) is 44.6 Å². The van der Waals surface area contributed by atoms with Crippen molar-refractivity contribution < 1.29 is 41.6 Å². The zero-order valence-electron chi connectivity index (χ0n) is 16.4. The Morgan fingerprint density at radius 1 is 0.741 bits per heavy atom. The molecule has 1 aromatic heterocycles. The first-order valence-corrected chi connectivity index (χ1v) is 9.79. The Hall–Kier alpha value is -0.424. The van der Waals surface area contributed by atoms with E-state index in [1.165, 1.54) is 64.2 Å². The van der Waals surface area contributed by atoms with E-state index < -0.39 is 0 Å². The Morgan fingerprint density at radius 3 is 1.48 bits per heavy atom. The molecule has 0 amide bonds. The molecule has 1 heterocycles. The van der Waals surface area contributed by atoms with E-state index in [0.29, 0.717) is 12.1 Å². The molecule has 0 aliphatic heterocycles. The molecule has 3 nitrogen and oxygen atoms in total. The average Bonchev–Trinajstić information content (AvgIpc) is 2.63. The van der Waals surface area contributed by atoms with Gasteiger partial charge in [-0.15, -0.1) is 0 Å². The Labute approximate surface area is 187 Å². The summed E-state index contributed by atoms with van der Waals surface area (Å²) in [4.78, 5) is 14.7. The number of halogens is 2. The third kappa shape index (κ3) is 8.22. The molecule has 0 spiro atoms. The van der Waals surface area contributed by atoms with Gasteiger partial charge in [0.05, 0.1) is 34.9 Å². The maximum absolute atomic E-state index is 4.94. The zero-order chi connectivity index (χ0) is 16.8. The first-order valence-electron chi connectivity index (χ1n) is 9.79. The third-order valence-electron chi connectivity index (χ3n) is 5.39. The smallest absolute Gasteiger partial charge is 1.00 e. The van der Waals surface area contributed by atoms with Crippen molar-refractivity contribution in [3.05, 3.63) is 29.6 Å². The van der Waals surface area contributed by atoms with Crippen LogP contribution in [0.5, 0.6) is 0 Å². The van der Waals surface area contributed by atoms with Gasteiger partial charge in [0.15, 0.2) is 0 Å². The van der Waals surface area contributed by atoms with E-state index in [0.717, 1.165) is 22.8 Å². The predicted octanol–water partition coefficient (Wildman–Crippen LogP) is -0.629. The van der Waals surface area contributed by atoms with Gasteiger partial charge in [-0.3, -0.25) is 9.98 Å². The molecular formula is C21H31Cl2CoN3. The Bertz CT molecular complexity index is 558. The molecule has 0 bridgehead atoms. The van der Waals surface area contributed by atoms with Crippen LogP contribution in [0.1, 0.15) is 89.4 Å². The van der Waals surface area contributed by atoms with E-state index in [4.69, 9.17) is 15.0 Å². The summed E-state index contributed by atoms with van der Waals surface area (Å²) in [5.74, 6) is 0. The van der Waals surface area contributed by atoms with Crippen LogP contribution < -0.4 is 24.8 Å². The second-order valence-corrected chi connectivity index (χ2v) is 7.42.